The molecule has 1 heterocycles. The number of hydrogen-bond donors (Lipinski definition) is 0. The Bertz CT molecular complexity index is 366. The van der Waals surface area contributed by atoms with Gasteiger partial charge in [0.05, 0.1) is 12.0 Å². The van der Waals surface area contributed by atoms with E-state index in [-0.39, 0.29) is 5.92 Å². The van der Waals surface area contributed by atoms with Crippen molar-refractivity contribution in [2.24, 2.45) is 5.92 Å². The standard InChI is InChI=1S/C12H13ClN2/c13-11-3-5-12(6-4-11)15-7-1-2-10(8-14)9-15/h3-6,10H,1-2,7,9H2. The lowest BCUT2D eigenvalue weighted by atomic mass is 9.99. The van der Waals surface area contributed by atoms with Gasteiger partial charge in [-0.3, -0.25) is 0 Å². The van der Waals surface area contributed by atoms with Crippen LogP contribution < -0.4 is 4.90 Å². The lowest BCUT2D eigenvalue weighted by Crippen LogP contribution is -2.34. The number of nitriles is 1. The fourth-order valence-electron chi connectivity index (χ4n) is 1.97. The summed E-state index contributed by atoms with van der Waals surface area (Å²) in [5, 5.41) is 9.66. The first-order valence-electron chi connectivity index (χ1n) is 5.20. The van der Waals surface area contributed by atoms with Crippen molar-refractivity contribution in [1.82, 2.24) is 0 Å². The summed E-state index contributed by atoms with van der Waals surface area (Å²) >= 11 is 5.84. The van der Waals surface area contributed by atoms with Crippen molar-refractivity contribution < 1.29 is 0 Å². The van der Waals surface area contributed by atoms with Gasteiger partial charge in [-0.05, 0) is 37.1 Å². The fourth-order valence-corrected chi connectivity index (χ4v) is 2.09. The molecule has 1 aromatic carbocycles. The zero-order valence-electron chi connectivity index (χ0n) is 8.49. The predicted octanol–water partition coefficient (Wildman–Crippen LogP) is 3.08. The Kier molecular flexibility index (Phi) is 3.13. The van der Waals surface area contributed by atoms with E-state index in [0.717, 1.165) is 31.0 Å². The molecule has 0 spiro atoms. The maximum atomic E-state index is 8.90. The second kappa shape index (κ2) is 4.55. The average molecular weight is 221 g/mol. The van der Waals surface area contributed by atoms with Gasteiger partial charge in [0.25, 0.3) is 0 Å². The molecule has 0 aliphatic carbocycles. The first-order chi connectivity index (χ1) is 7.29. The fraction of sp³-hybridized carbons (Fsp3) is 0.417. The molecule has 1 aliphatic heterocycles. The largest absolute Gasteiger partial charge is 0.370 e. The summed E-state index contributed by atoms with van der Waals surface area (Å²) in [6.07, 6.45) is 2.13. The van der Waals surface area contributed by atoms with Crippen molar-refractivity contribution in [3.05, 3.63) is 29.3 Å². The molecule has 0 amide bonds. The second-order valence-electron chi connectivity index (χ2n) is 3.89. The van der Waals surface area contributed by atoms with Gasteiger partial charge in [0, 0.05) is 23.8 Å². The first-order valence-corrected chi connectivity index (χ1v) is 5.57. The minimum absolute atomic E-state index is 0.175. The minimum Gasteiger partial charge on any atom is -0.370 e. The van der Waals surface area contributed by atoms with E-state index in [0.29, 0.717) is 0 Å². The van der Waals surface area contributed by atoms with Crippen LogP contribution >= 0.6 is 11.6 Å². The molecule has 1 unspecified atom stereocenters. The maximum absolute atomic E-state index is 8.90. The smallest absolute Gasteiger partial charge is 0.0674 e. The van der Waals surface area contributed by atoms with Gasteiger partial charge < -0.3 is 4.90 Å². The Morgan fingerprint density at radius 1 is 1.33 bits per heavy atom. The lowest BCUT2D eigenvalue weighted by Gasteiger charge is -2.31. The van der Waals surface area contributed by atoms with Gasteiger partial charge in [-0.1, -0.05) is 11.6 Å². The van der Waals surface area contributed by atoms with Crippen molar-refractivity contribution in [2.45, 2.75) is 12.8 Å². The van der Waals surface area contributed by atoms with Crippen molar-refractivity contribution in [3.8, 4) is 6.07 Å². The molecule has 1 atom stereocenters. The summed E-state index contributed by atoms with van der Waals surface area (Å²) < 4.78 is 0. The Morgan fingerprint density at radius 3 is 2.73 bits per heavy atom. The number of anilines is 1. The van der Waals surface area contributed by atoms with Crippen molar-refractivity contribution in [1.29, 1.82) is 5.26 Å². The zero-order valence-corrected chi connectivity index (χ0v) is 9.24. The summed E-state index contributed by atoms with van der Waals surface area (Å²) in [6.45, 7) is 1.89. The summed E-state index contributed by atoms with van der Waals surface area (Å²) in [5.41, 5.74) is 1.17. The number of benzene rings is 1. The van der Waals surface area contributed by atoms with Crippen LogP contribution in [-0.4, -0.2) is 13.1 Å². The quantitative estimate of drug-likeness (QED) is 0.727. The number of halogens is 1. The number of piperidine rings is 1. The van der Waals surface area contributed by atoms with Gasteiger partial charge in [0.2, 0.25) is 0 Å². The molecular weight excluding hydrogens is 208 g/mol. The van der Waals surface area contributed by atoms with Crippen LogP contribution in [0.15, 0.2) is 24.3 Å². The predicted molar refractivity (Wildman–Crippen MR) is 62.0 cm³/mol. The van der Waals surface area contributed by atoms with E-state index in [1.807, 2.05) is 24.3 Å². The highest BCUT2D eigenvalue weighted by Crippen LogP contribution is 2.23. The van der Waals surface area contributed by atoms with Crippen LogP contribution in [0.1, 0.15) is 12.8 Å². The molecule has 15 heavy (non-hydrogen) atoms. The summed E-state index contributed by atoms with van der Waals surface area (Å²) in [6, 6.07) is 10.2. The van der Waals surface area contributed by atoms with Crippen molar-refractivity contribution in [3.63, 3.8) is 0 Å². The molecule has 0 saturated carbocycles. The van der Waals surface area contributed by atoms with Crippen molar-refractivity contribution in [2.75, 3.05) is 18.0 Å². The van der Waals surface area contributed by atoms with Gasteiger partial charge >= 0.3 is 0 Å². The van der Waals surface area contributed by atoms with Crippen LogP contribution in [0.5, 0.6) is 0 Å². The SMILES string of the molecule is N#CC1CCCN(c2ccc(Cl)cc2)C1. The van der Waals surface area contributed by atoms with Crippen LogP contribution in [0.25, 0.3) is 0 Å². The highest BCUT2D eigenvalue weighted by molar-refractivity contribution is 6.30. The normalized spacial score (nSPS) is 21.1. The summed E-state index contributed by atoms with van der Waals surface area (Å²) in [7, 11) is 0. The van der Waals surface area contributed by atoms with Crippen LogP contribution in [0.4, 0.5) is 5.69 Å². The third kappa shape index (κ3) is 2.43. The summed E-state index contributed by atoms with van der Waals surface area (Å²) in [4.78, 5) is 2.26. The van der Waals surface area contributed by atoms with E-state index in [2.05, 4.69) is 11.0 Å². The average Bonchev–Trinajstić information content (AvgIpc) is 2.30. The first kappa shape index (κ1) is 10.3. The number of rotatable bonds is 1. The van der Waals surface area contributed by atoms with Gasteiger partial charge in [-0.2, -0.15) is 5.26 Å². The number of nitrogens with zero attached hydrogens (tertiary/aromatic N) is 2. The lowest BCUT2D eigenvalue weighted by molar-refractivity contribution is 0.493. The van der Waals surface area contributed by atoms with E-state index in [4.69, 9.17) is 16.9 Å². The minimum atomic E-state index is 0.175. The van der Waals surface area contributed by atoms with Gasteiger partial charge in [0.1, 0.15) is 0 Å². The van der Waals surface area contributed by atoms with E-state index < -0.39 is 0 Å². The third-order valence-corrected chi connectivity index (χ3v) is 3.05. The Morgan fingerprint density at radius 2 is 2.07 bits per heavy atom. The number of hydrogen-bond acceptors (Lipinski definition) is 2. The van der Waals surface area contributed by atoms with Crippen molar-refractivity contribution >= 4 is 17.3 Å². The molecule has 0 radical (unpaired) electrons. The van der Waals surface area contributed by atoms with E-state index in [1.165, 1.54) is 5.69 Å². The molecule has 1 fully saturated rings. The van der Waals surface area contributed by atoms with Gasteiger partial charge in [-0.25, -0.2) is 0 Å². The maximum Gasteiger partial charge on any atom is 0.0674 e. The van der Waals surface area contributed by atoms with Crippen LogP contribution in [0.2, 0.25) is 5.02 Å². The molecule has 3 heteroatoms. The van der Waals surface area contributed by atoms with E-state index >= 15 is 0 Å². The molecule has 78 valence electrons. The van der Waals surface area contributed by atoms with Crippen LogP contribution in [-0.2, 0) is 0 Å². The Balaban J connectivity index is 2.10. The highest BCUT2D eigenvalue weighted by atomic mass is 35.5. The van der Waals surface area contributed by atoms with E-state index in [9.17, 15) is 0 Å². The molecule has 2 rings (SSSR count). The third-order valence-electron chi connectivity index (χ3n) is 2.80. The molecule has 2 nitrogen and oxygen atoms in total. The zero-order chi connectivity index (χ0) is 10.7. The molecule has 0 aromatic heterocycles. The van der Waals surface area contributed by atoms with Gasteiger partial charge in [-0.15, -0.1) is 0 Å². The molecule has 1 aromatic rings. The van der Waals surface area contributed by atoms with E-state index in [1.54, 1.807) is 0 Å². The summed E-state index contributed by atoms with van der Waals surface area (Å²) in [5.74, 6) is 0.175. The molecule has 0 N–H and O–H groups in total. The van der Waals surface area contributed by atoms with Crippen LogP contribution in [0, 0.1) is 17.2 Å². The molecular formula is C12H13ClN2. The van der Waals surface area contributed by atoms with Gasteiger partial charge in [0.15, 0.2) is 0 Å². The monoisotopic (exact) mass is 220 g/mol. The highest BCUT2D eigenvalue weighted by Gasteiger charge is 2.19. The molecule has 1 saturated heterocycles. The Hall–Kier alpha value is -1.20. The molecule has 1 aliphatic rings. The van der Waals surface area contributed by atoms with Crippen LogP contribution in [0.3, 0.4) is 0 Å². The second-order valence-corrected chi connectivity index (χ2v) is 4.33. The Labute approximate surface area is 95.1 Å². The topological polar surface area (TPSA) is 27.0 Å². The molecule has 0 bridgehead atoms.